The molecule has 1 aliphatic rings. The van der Waals surface area contributed by atoms with Gasteiger partial charge in [0.05, 0.1) is 17.4 Å². The molecule has 90 valence electrons. The molecule has 1 aliphatic heterocycles. The minimum Gasteiger partial charge on any atom is -0.398 e. The summed E-state index contributed by atoms with van der Waals surface area (Å²) < 4.78 is 5.51. The first-order valence-corrected chi connectivity index (χ1v) is 5.86. The van der Waals surface area contributed by atoms with Gasteiger partial charge in [-0.2, -0.15) is 5.26 Å². The molecular weight excluding hydrogens is 214 g/mol. The van der Waals surface area contributed by atoms with Crippen molar-refractivity contribution in [3.63, 3.8) is 0 Å². The number of nitrogens with zero attached hydrogens (tertiary/aromatic N) is 1. The topological polar surface area (TPSA) is 71.1 Å². The average Bonchev–Trinajstić information content (AvgIpc) is 2.72. The van der Waals surface area contributed by atoms with Crippen molar-refractivity contribution in [2.45, 2.75) is 19.4 Å². The normalized spacial score (nSPS) is 23.3. The van der Waals surface area contributed by atoms with Crippen LogP contribution in [0.5, 0.6) is 0 Å². The summed E-state index contributed by atoms with van der Waals surface area (Å²) in [5.74, 6) is 0.548. The van der Waals surface area contributed by atoms with Gasteiger partial charge in [0.1, 0.15) is 6.07 Å². The van der Waals surface area contributed by atoms with Crippen LogP contribution < -0.4 is 11.1 Å². The van der Waals surface area contributed by atoms with Crippen molar-refractivity contribution in [3.05, 3.63) is 23.8 Å². The number of ether oxygens (including phenoxy) is 1. The molecule has 2 unspecified atom stereocenters. The number of benzene rings is 1. The molecular formula is C13H17N3O. The zero-order valence-electron chi connectivity index (χ0n) is 9.94. The lowest BCUT2D eigenvalue weighted by molar-refractivity contribution is 0.108. The molecule has 0 amide bonds. The molecule has 4 heteroatoms. The molecule has 3 N–H and O–H groups in total. The molecule has 4 nitrogen and oxygen atoms in total. The summed E-state index contributed by atoms with van der Waals surface area (Å²) in [6.07, 6.45) is 1.41. The van der Waals surface area contributed by atoms with Crippen molar-refractivity contribution < 1.29 is 4.74 Å². The molecule has 0 radical (unpaired) electrons. The summed E-state index contributed by atoms with van der Waals surface area (Å²) in [5.41, 5.74) is 7.76. The average molecular weight is 231 g/mol. The smallest absolute Gasteiger partial charge is 0.101 e. The molecule has 1 aromatic carbocycles. The number of rotatable bonds is 3. The molecule has 0 aliphatic carbocycles. The molecule has 0 aromatic heterocycles. The van der Waals surface area contributed by atoms with Gasteiger partial charge in [0.2, 0.25) is 0 Å². The minimum atomic E-state index is 0.318. The van der Waals surface area contributed by atoms with Crippen LogP contribution in [0.1, 0.15) is 18.9 Å². The zero-order chi connectivity index (χ0) is 12.3. The summed E-state index contributed by atoms with van der Waals surface area (Å²) in [7, 11) is 0. The number of nitrogen functional groups attached to an aromatic ring is 1. The van der Waals surface area contributed by atoms with Crippen molar-refractivity contribution >= 4 is 11.4 Å². The van der Waals surface area contributed by atoms with Crippen LogP contribution in [-0.2, 0) is 4.74 Å². The fourth-order valence-electron chi connectivity index (χ4n) is 2.07. The Labute approximate surface area is 101 Å². The third kappa shape index (κ3) is 2.69. The van der Waals surface area contributed by atoms with E-state index in [9.17, 15) is 0 Å². The van der Waals surface area contributed by atoms with Gasteiger partial charge in [0.25, 0.3) is 0 Å². The van der Waals surface area contributed by atoms with E-state index in [4.69, 9.17) is 15.7 Å². The van der Waals surface area contributed by atoms with Crippen molar-refractivity contribution in [3.8, 4) is 6.07 Å². The van der Waals surface area contributed by atoms with E-state index in [0.29, 0.717) is 23.3 Å². The van der Waals surface area contributed by atoms with Gasteiger partial charge in [-0.05, 0) is 31.5 Å². The Morgan fingerprint density at radius 3 is 3.00 bits per heavy atom. The van der Waals surface area contributed by atoms with Crippen LogP contribution in [0.3, 0.4) is 0 Å². The summed E-state index contributed by atoms with van der Waals surface area (Å²) in [6, 6.07) is 7.49. The van der Waals surface area contributed by atoms with Crippen molar-refractivity contribution in [1.29, 1.82) is 5.26 Å². The Balaban J connectivity index is 1.95. The van der Waals surface area contributed by atoms with E-state index in [-0.39, 0.29) is 0 Å². The summed E-state index contributed by atoms with van der Waals surface area (Å²) in [6.45, 7) is 3.84. The van der Waals surface area contributed by atoms with Crippen LogP contribution in [0, 0.1) is 17.2 Å². The van der Waals surface area contributed by atoms with Gasteiger partial charge in [0.15, 0.2) is 0 Å². The Hall–Kier alpha value is -1.73. The van der Waals surface area contributed by atoms with Crippen LogP contribution in [0.2, 0.25) is 0 Å². The summed E-state index contributed by atoms with van der Waals surface area (Å²) in [5, 5.41) is 12.1. The van der Waals surface area contributed by atoms with E-state index < -0.39 is 0 Å². The molecule has 1 aromatic rings. The number of hydrogen-bond donors (Lipinski definition) is 2. The number of nitrogens with two attached hydrogens (primary N) is 1. The van der Waals surface area contributed by atoms with Crippen LogP contribution in [0.15, 0.2) is 18.2 Å². The lowest BCUT2D eigenvalue weighted by Gasteiger charge is -2.15. The van der Waals surface area contributed by atoms with Gasteiger partial charge in [-0.3, -0.25) is 0 Å². The molecule has 2 rings (SSSR count). The van der Waals surface area contributed by atoms with E-state index in [1.165, 1.54) is 0 Å². The highest BCUT2D eigenvalue weighted by atomic mass is 16.5. The van der Waals surface area contributed by atoms with E-state index in [1.807, 2.05) is 6.07 Å². The van der Waals surface area contributed by atoms with Gasteiger partial charge in [-0.25, -0.2) is 0 Å². The molecule has 0 saturated carbocycles. The highest BCUT2D eigenvalue weighted by Crippen LogP contribution is 2.22. The monoisotopic (exact) mass is 231 g/mol. The summed E-state index contributed by atoms with van der Waals surface area (Å²) >= 11 is 0. The van der Waals surface area contributed by atoms with Crippen LogP contribution in [0.25, 0.3) is 0 Å². The molecule has 0 bridgehead atoms. The molecule has 17 heavy (non-hydrogen) atoms. The predicted molar refractivity (Wildman–Crippen MR) is 67.6 cm³/mol. The standard InChI is InChI=1S/C13H17N3O/c1-9-11(4-5-17-9)8-16-12-3-2-10(7-14)13(15)6-12/h2-3,6,9,11,16H,4-5,8,15H2,1H3. The molecule has 1 saturated heterocycles. The SMILES string of the molecule is CC1OCCC1CNc1ccc(C#N)c(N)c1. The fourth-order valence-corrected chi connectivity index (χ4v) is 2.07. The maximum absolute atomic E-state index is 8.78. The summed E-state index contributed by atoms with van der Waals surface area (Å²) in [4.78, 5) is 0. The van der Waals surface area contributed by atoms with Gasteiger partial charge in [-0.1, -0.05) is 0 Å². The first-order valence-electron chi connectivity index (χ1n) is 5.86. The number of nitriles is 1. The molecule has 0 spiro atoms. The second kappa shape index (κ2) is 5.07. The lowest BCUT2D eigenvalue weighted by atomic mass is 10.0. The van der Waals surface area contributed by atoms with E-state index >= 15 is 0 Å². The third-order valence-electron chi connectivity index (χ3n) is 3.27. The Bertz CT molecular complexity index is 439. The first-order chi connectivity index (χ1) is 8.20. The van der Waals surface area contributed by atoms with Gasteiger partial charge < -0.3 is 15.8 Å². The minimum absolute atomic E-state index is 0.318. The van der Waals surface area contributed by atoms with E-state index in [1.54, 1.807) is 12.1 Å². The Morgan fingerprint density at radius 1 is 1.59 bits per heavy atom. The van der Waals surface area contributed by atoms with Gasteiger partial charge in [0, 0.05) is 24.8 Å². The van der Waals surface area contributed by atoms with Crippen molar-refractivity contribution in [1.82, 2.24) is 0 Å². The third-order valence-corrected chi connectivity index (χ3v) is 3.27. The maximum atomic E-state index is 8.78. The van der Waals surface area contributed by atoms with Crippen molar-refractivity contribution in [2.75, 3.05) is 24.2 Å². The lowest BCUT2D eigenvalue weighted by Crippen LogP contribution is -2.20. The largest absolute Gasteiger partial charge is 0.398 e. The number of nitrogens with one attached hydrogen (secondary N) is 1. The Morgan fingerprint density at radius 2 is 2.41 bits per heavy atom. The van der Waals surface area contributed by atoms with Gasteiger partial charge >= 0.3 is 0 Å². The predicted octanol–water partition coefficient (Wildman–Crippen LogP) is 1.98. The van der Waals surface area contributed by atoms with Crippen LogP contribution >= 0.6 is 0 Å². The highest BCUT2D eigenvalue weighted by Gasteiger charge is 2.23. The fraction of sp³-hybridized carbons (Fsp3) is 0.462. The molecule has 2 atom stereocenters. The highest BCUT2D eigenvalue weighted by molar-refractivity contribution is 5.62. The number of hydrogen-bond acceptors (Lipinski definition) is 4. The van der Waals surface area contributed by atoms with E-state index in [0.717, 1.165) is 25.3 Å². The number of anilines is 2. The van der Waals surface area contributed by atoms with Crippen molar-refractivity contribution in [2.24, 2.45) is 5.92 Å². The van der Waals surface area contributed by atoms with Crippen LogP contribution in [-0.4, -0.2) is 19.3 Å². The molecule has 1 heterocycles. The van der Waals surface area contributed by atoms with Gasteiger partial charge in [-0.15, -0.1) is 0 Å². The van der Waals surface area contributed by atoms with Crippen LogP contribution in [0.4, 0.5) is 11.4 Å². The molecule has 1 fully saturated rings. The Kier molecular flexibility index (Phi) is 3.50. The first kappa shape index (κ1) is 11.7. The zero-order valence-corrected chi connectivity index (χ0v) is 9.94. The maximum Gasteiger partial charge on any atom is 0.101 e. The van der Waals surface area contributed by atoms with E-state index in [2.05, 4.69) is 18.3 Å². The second-order valence-electron chi connectivity index (χ2n) is 4.42. The quantitative estimate of drug-likeness (QED) is 0.780. The second-order valence-corrected chi connectivity index (χ2v) is 4.42.